The number of hydrogen-bond donors (Lipinski definition) is 2. The second-order valence-corrected chi connectivity index (χ2v) is 4.83. The first-order valence-electron chi connectivity index (χ1n) is 5.34. The van der Waals surface area contributed by atoms with Gasteiger partial charge in [-0.3, -0.25) is 4.79 Å². The standard InChI is InChI=1S/C12H17BrN2O/c1-9(14)7-12(16)15-6-5-10-3-2-4-11(13)8-10/h2-4,8-9H,5-7,14H2,1H3,(H,15,16). The van der Waals surface area contributed by atoms with E-state index in [4.69, 9.17) is 5.73 Å². The number of amides is 1. The van der Waals surface area contributed by atoms with E-state index in [1.165, 1.54) is 5.56 Å². The Kier molecular flexibility index (Phi) is 5.49. The topological polar surface area (TPSA) is 55.1 Å². The third-order valence-corrected chi connectivity index (χ3v) is 2.63. The zero-order chi connectivity index (χ0) is 12.0. The molecule has 1 aromatic carbocycles. The second kappa shape index (κ2) is 6.66. The van der Waals surface area contributed by atoms with Crippen LogP contribution in [0.2, 0.25) is 0 Å². The Morgan fingerprint density at radius 1 is 1.56 bits per heavy atom. The number of halogens is 1. The molecule has 4 heteroatoms. The molecule has 1 atom stereocenters. The Bertz CT molecular complexity index is 353. The van der Waals surface area contributed by atoms with Gasteiger partial charge in [0.15, 0.2) is 0 Å². The Balaban J connectivity index is 2.28. The average molecular weight is 285 g/mol. The molecule has 16 heavy (non-hydrogen) atoms. The Morgan fingerprint density at radius 3 is 2.94 bits per heavy atom. The molecular formula is C12H17BrN2O. The Labute approximate surface area is 105 Å². The summed E-state index contributed by atoms with van der Waals surface area (Å²) < 4.78 is 1.06. The van der Waals surface area contributed by atoms with Crippen molar-refractivity contribution in [3.8, 4) is 0 Å². The lowest BCUT2D eigenvalue weighted by Crippen LogP contribution is -2.31. The van der Waals surface area contributed by atoms with E-state index in [9.17, 15) is 4.79 Å². The van der Waals surface area contributed by atoms with E-state index < -0.39 is 0 Å². The molecule has 3 N–H and O–H groups in total. The highest BCUT2D eigenvalue weighted by Crippen LogP contribution is 2.11. The fourth-order valence-corrected chi connectivity index (χ4v) is 1.85. The largest absolute Gasteiger partial charge is 0.356 e. The van der Waals surface area contributed by atoms with Crippen molar-refractivity contribution in [3.05, 3.63) is 34.3 Å². The molecule has 0 bridgehead atoms. The van der Waals surface area contributed by atoms with Gasteiger partial charge in [0.05, 0.1) is 0 Å². The SMILES string of the molecule is CC(N)CC(=O)NCCc1cccc(Br)c1. The normalized spacial score (nSPS) is 12.2. The van der Waals surface area contributed by atoms with Gasteiger partial charge in [0.2, 0.25) is 5.91 Å². The first kappa shape index (κ1) is 13.2. The fourth-order valence-electron chi connectivity index (χ4n) is 1.40. The van der Waals surface area contributed by atoms with Crippen LogP contribution in [0.25, 0.3) is 0 Å². The van der Waals surface area contributed by atoms with Crippen molar-refractivity contribution in [2.24, 2.45) is 5.73 Å². The molecule has 0 aromatic heterocycles. The summed E-state index contributed by atoms with van der Waals surface area (Å²) in [7, 11) is 0. The van der Waals surface area contributed by atoms with Crippen LogP contribution in [-0.4, -0.2) is 18.5 Å². The van der Waals surface area contributed by atoms with Crippen molar-refractivity contribution in [1.82, 2.24) is 5.32 Å². The molecule has 1 aromatic rings. The van der Waals surface area contributed by atoms with Crippen LogP contribution in [0.15, 0.2) is 28.7 Å². The summed E-state index contributed by atoms with van der Waals surface area (Å²) in [5.41, 5.74) is 6.73. The molecule has 1 rings (SSSR count). The molecule has 0 radical (unpaired) electrons. The molecule has 0 aliphatic carbocycles. The predicted octanol–water partition coefficient (Wildman–Crippen LogP) is 1.85. The minimum absolute atomic E-state index is 0.0185. The number of nitrogens with two attached hydrogens (primary N) is 1. The molecule has 1 amide bonds. The zero-order valence-corrected chi connectivity index (χ0v) is 11.0. The monoisotopic (exact) mass is 284 g/mol. The number of hydrogen-bond acceptors (Lipinski definition) is 2. The molecule has 1 unspecified atom stereocenters. The van der Waals surface area contributed by atoms with Gasteiger partial charge >= 0.3 is 0 Å². The summed E-state index contributed by atoms with van der Waals surface area (Å²) in [5.74, 6) is 0.0185. The van der Waals surface area contributed by atoms with Gasteiger partial charge in [-0.1, -0.05) is 28.1 Å². The van der Waals surface area contributed by atoms with E-state index in [-0.39, 0.29) is 11.9 Å². The van der Waals surface area contributed by atoms with E-state index in [1.807, 2.05) is 25.1 Å². The summed E-state index contributed by atoms with van der Waals surface area (Å²) in [6, 6.07) is 7.99. The van der Waals surface area contributed by atoms with Crippen molar-refractivity contribution in [3.63, 3.8) is 0 Å². The predicted molar refractivity (Wildman–Crippen MR) is 69.1 cm³/mol. The minimum Gasteiger partial charge on any atom is -0.356 e. The molecule has 88 valence electrons. The van der Waals surface area contributed by atoms with Gasteiger partial charge in [0, 0.05) is 23.5 Å². The molecule has 0 saturated carbocycles. The average Bonchev–Trinajstić information content (AvgIpc) is 2.16. The Hall–Kier alpha value is -0.870. The van der Waals surface area contributed by atoms with Crippen LogP contribution in [0.4, 0.5) is 0 Å². The number of carbonyl (C=O) groups is 1. The van der Waals surface area contributed by atoms with Gasteiger partial charge in [0.1, 0.15) is 0 Å². The van der Waals surface area contributed by atoms with Crippen molar-refractivity contribution in [2.45, 2.75) is 25.8 Å². The van der Waals surface area contributed by atoms with Gasteiger partial charge < -0.3 is 11.1 Å². The summed E-state index contributed by atoms with van der Waals surface area (Å²) >= 11 is 3.41. The summed E-state index contributed by atoms with van der Waals surface area (Å²) in [5, 5.41) is 2.85. The lowest BCUT2D eigenvalue weighted by atomic mass is 10.1. The molecule has 0 saturated heterocycles. The lowest BCUT2D eigenvalue weighted by molar-refractivity contribution is -0.121. The molecule has 0 spiro atoms. The van der Waals surface area contributed by atoms with Crippen molar-refractivity contribution >= 4 is 21.8 Å². The van der Waals surface area contributed by atoms with Crippen LogP contribution < -0.4 is 11.1 Å². The van der Waals surface area contributed by atoms with Crippen LogP contribution in [0.1, 0.15) is 18.9 Å². The van der Waals surface area contributed by atoms with E-state index in [1.54, 1.807) is 0 Å². The Morgan fingerprint density at radius 2 is 2.31 bits per heavy atom. The van der Waals surface area contributed by atoms with Gasteiger partial charge in [-0.2, -0.15) is 0 Å². The number of benzene rings is 1. The molecule has 3 nitrogen and oxygen atoms in total. The molecule has 0 heterocycles. The van der Waals surface area contributed by atoms with E-state index >= 15 is 0 Å². The summed E-state index contributed by atoms with van der Waals surface area (Å²) in [6.45, 7) is 2.48. The quantitative estimate of drug-likeness (QED) is 0.867. The maximum absolute atomic E-state index is 11.3. The minimum atomic E-state index is -0.0779. The van der Waals surface area contributed by atoms with E-state index in [0.717, 1.165) is 10.9 Å². The van der Waals surface area contributed by atoms with E-state index in [0.29, 0.717) is 13.0 Å². The third-order valence-electron chi connectivity index (χ3n) is 2.13. The highest BCUT2D eigenvalue weighted by atomic mass is 79.9. The third kappa shape index (κ3) is 5.28. The summed E-state index contributed by atoms with van der Waals surface area (Å²) in [4.78, 5) is 11.3. The van der Waals surface area contributed by atoms with Gasteiger partial charge in [-0.15, -0.1) is 0 Å². The van der Waals surface area contributed by atoms with Gasteiger partial charge in [-0.25, -0.2) is 0 Å². The van der Waals surface area contributed by atoms with Crippen LogP contribution >= 0.6 is 15.9 Å². The second-order valence-electron chi connectivity index (χ2n) is 3.91. The van der Waals surface area contributed by atoms with Crippen LogP contribution in [0.5, 0.6) is 0 Å². The molecule has 0 aliphatic rings. The lowest BCUT2D eigenvalue weighted by Gasteiger charge is -2.07. The first-order chi connectivity index (χ1) is 7.58. The first-order valence-corrected chi connectivity index (χ1v) is 6.14. The smallest absolute Gasteiger partial charge is 0.221 e. The highest BCUT2D eigenvalue weighted by molar-refractivity contribution is 9.10. The van der Waals surface area contributed by atoms with Gasteiger partial charge in [-0.05, 0) is 31.0 Å². The fraction of sp³-hybridized carbons (Fsp3) is 0.417. The maximum Gasteiger partial charge on any atom is 0.221 e. The van der Waals surface area contributed by atoms with Gasteiger partial charge in [0.25, 0.3) is 0 Å². The van der Waals surface area contributed by atoms with Crippen LogP contribution in [0.3, 0.4) is 0 Å². The van der Waals surface area contributed by atoms with E-state index in [2.05, 4.69) is 27.3 Å². The van der Waals surface area contributed by atoms with Crippen molar-refractivity contribution < 1.29 is 4.79 Å². The summed E-state index contributed by atoms with van der Waals surface area (Å²) in [6.07, 6.45) is 1.22. The van der Waals surface area contributed by atoms with Crippen molar-refractivity contribution in [1.29, 1.82) is 0 Å². The number of nitrogens with one attached hydrogen (secondary N) is 1. The highest BCUT2D eigenvalue weighted by Gasteiger charge is 2.03. The van der Waals surface area contributed by atoms with Crippen LogP contribution in [-0.2, 0) is 11.2 Å². The number of carbonyl (C=O) groups excluding carboxylic acids is 1. The van der Waals surface area contributed by atoms with Crippen molar-refractivity contribution in [2.75, 3.05) is 6.54 Å². The molecular weight excluding hydrogens is 268 g/mol. The van der Waals surface area contributed by atoms with Crippen LogP contribution in [0, 0.1) is 0 Å². The molecule has 0 fully saturated rings. The zero-order valence-electron chi connectivity index (χ0n) is 9.37. The maximum atomic E-state index is 11.3. The number of rotatable bonds is 5. The molecule has 0 aliphatic heterocycles.